The summed E-state index contributed by atoms with van der Waals surface area (Å²) in [4.78, 5) is 24.6. The van der Waals surface area contributed by atoms with Gasteiger partial charge in [-0.15, -0.1) is 0 Å². The fourth-order valence-electron chi connectivity index (χ4n) is 2.25. The minimum atomic E-state index is -1.00. The first-order valence-electron chi connectivity index (χ1n) is 5.80. The van der Waals surface area contributed by atoms with E-state index in [-0.39, 0.29) is 5.56 Å². The van der Waals surface area contributed by atoms with E-state index >= 15 is 0 Å². The lowest BCUT2D eigenvalue weighted by Gasteiger charge is -2.22. The molecule has 18 heavy (non-hydrogen) atoms. The molecule has 1 amide bonds. The fourth-order valence-corrected chi connectivity index (χ4v) is 2.25. The number of carbonyl (C=O) groups excluding carboxylic acids is 1. The van der Waals surface area contributed by atoms with Crippen LogP contribution >= 0.6 is 0 Å². The van der Waals surface area contributed by atoms with Crippen LogP contribution in [0.2, 0.25) is 0 Å². The molecule has 1 aromatic rings. The van der Waals surface area contributed by atoms with Crippen LogP contribution in [-0.2, 0) is 4.79 Å². The van der Waals surface area contributed by atoms with E-state index in [2.05, 4.69) is 0 Å². The van der Waals surface area contributed by atoms with Gasteiger partial charge in [0.05, 0.1) is 0 Å². The maximum atomic E-state index is 13.2. The maximum absolute atomic E-state index is 13.2. The number of likely N-dealkylation sites (tertiary alicyclic amines) is 1. The maximum Gasteiger partial charge on any atom is 0.326 e. The number of carbonyl (C=O) groups is 2. The molecule has 0 spiro atoms. The van der Waals surface area contributed by atoms with Crippen LogP contribution in [0.1, 0.15) is 28.8 Å². The predicted molar refractivity (Wildman–Crippen MR) is 62.8 cm³/mol. The van der Waals surface area contributed by atoms with Crippen molar-refractivity contribution in [2.45, 2.75) is 25.8 Å². The second-order valence-electron chi connectivity index (χ2n) is 4.45. The van der Waals surface area contributed by atoms with Gasteiger partial charge in [-0.2, -0.15) is 0 Å². The average molecular weight is 251 g/mol. The number of benzene rings is 1. The van der Waals surface area contributed by atoms with E-state index in [1.165, 1.54) is 17.0 Å². The van der Waals surface area contributed by atoms with E-state index in [1.807, 2.05) is 0 Å². The van der Waals surface area contributed by atoms with Gasteiger partial charge in [0.1, 0.15) is 11.9 Å². The predicted octanol–water partition coefficient (Wildman–Crippen LogP) is 1.82. The molecular weight excluding hydrogens is 237 g/mol. The Kier molecular flexibility index (Phi) is 3.32. The van der Waals surface area contributed by atoms with Crippen molar-refractivity contribution in [3.8, 4) is 0 Å². The zero-order valence-corrected chi connectivity index (χ0v) is 10.0. The van der Waals surface area contributed by atoms with Crippen molar-refractivity contribution in [1.82, 2.24) is 4.90 Å². The molecule has 0 radical (unpaired) electrons. The van der Waals surface area contributed by atoms with Gasteiger partial charge in [-0.1, -0.05) is 6.07 Å². The van der Waals surface area contributed by atoms with Crippen LogP contribution in [0.25, 0.3) is 0 Å². The minimum Gasteiger partial charge on any atom is -0.480 e. The molecule has 0 bridgehead atoms. The Hall–Kier alpha value is -1.91. The third-order valence-corrected chi connectivity index (χ3v) is 3.23. The van der Waals surface area contributed by atoms with Crippen molar-refractivity contribution < 1.29 is 19.1 Å². The summed E-state index contributed by atoms with van der Waals surface area (Å²) in [6.07, 6.45) is 1.12. The molecule has 1 aliphatic heterocycles. The van der Waals surface area contributed by atoms with Crippen LogP contribution in [0.5, 0.6) is 0 Å². The molecule has 1 aliphatic rings. The number of carboxylic acid groups (broad SMARTS) is 1. The Morgan fingerprint density at radius 3 is 2.83 bits per heavy atom. The van der Waals surface area contributed by atoms with E-state index in [0.717, 1.165) is 6.07 Å². The zero-order chi connectivity index (χ0) is 13.3. The molecule has 2 rings (SSSR count). The third-order valence-electron chi connectivity index (χ3n) is 3.23. The normalized spacial score (nSPS) is 19.0. The molecule has 0 saturated carbocycles. The summed E-state index contributed by atoms with van der Waals surface area (Å²) >= 11 is 0. The smallest absolute Gasteiger partial charge is 0.326 e. The van der Waals surface area contributed by atoms with Gasteiger partial charge in [0, 0.05) is 12.1 Å². The molecule has 1 atom stereocenters. The second-order valence-corrected chi connectivity index (χ2v) is 4.45. The lowest BCUT2D eigenvalue weighted by Crippen LogP contribution is -2.40. The van der Waals surface area contributed by atoms with Crippen LogP contribution in [0, 0.1) is 12.7 Å². The van der Waals surface area contributed by atoms with Gasteiger partial charge >= 0.3 is 5.97 Å². The lowest BCUT2D eigenvalue weighted by molar-refractivity contribution is -0.141. The Bertz CT molecular complexity index is 501. The number of nitrogens with zero attached hydrogens (tertiary/aromatic N) is 1. The second kappa shape index (κ2) is 4.76. The SMILES string of the molecule is Cc1ccc(F)cc1C(=O)N1CCC[C@H]1C(=O)O. The number of rotatable bonds is 2. The summed E-state index contributed by atoms with van der Waals surface area (Å²) < 4.78 is 13.2. The molecule has 1 aromatic carbocycles. The first-order chi connectivity index (χ1) is 8.50. The number of carboxylic acids is 1. The lowest BCUT2D eigenvalue weighted by atomic mass is 10.1. The number of hydrogen-bond donors (Lipinski definition) is 1. The molecular formula is C13H14FNO3. The topological polar surface area (TPSA) is 57.6 Å². The van der Waals surface area contributed by atoms with Gasteiger partial charge in [0.15, 0.2) is 0 Å². The molecule has 1 saturated heterocycles. The van der Waals surface area contributed by atoms with Crippen LogP contribution in [-0.4, -0.2) is 34.5 Å². The van der Waals surface area contributed by atoms with Crippen molar-refractivity contribution in [1.29, 1.82) is 0 Å². The van der Waals surface area contributed by atoms with E-state index in [0.29, 0.717) is 24.9 Å². The summed E-state index contributed by atoms with van der Waals surface area (Å²) in [5.41, 5.74) is 0.889. The molecule has 1 N–H and O–H groups in total. The van der Waals surface area contributed by atoms with Crippen LogP contribution in [0.4, 0.5) is 4.39 Å². The van der Waals surface area contributed by atoms with Crippen molar-refractivity contribution >= 4 is 11.9 Å². The highest BCUT2D eigenvalue weighted by Gasteiger charge is 2.34. The molecule has 4 nitrogen and oxygen atoms in total. The van der Waals surface area contributed by atoms with Gasteiger partial charge in [-0.05, 0) is 37.5 Å². The number of halogens is 1. The molecule has 1 fully saturated rings. The summed E-state index contributed by atoms with van der Waals surface area (Å²) in [6.45, 7) is 2.12. The Labute approximate surface area is 104 Å². The van der Waals surface area contributed by atoms with Crippen LogP contribution in [0.15, 0.2) is 18.2 Å². The van der Waals surface area contributed by atoms with Gasteiger partial charge in [0.2, 0.25) is 0 Å². The van der Waals surface area contributed by atoms with Crippen molar-refractivity contribution in [3.63, 3.8) is 0 Å². The van der Waals surface area contributed by atoms with E-state index in [9.17, 15) is 14.0 Å². The summed E-state index contributed by atoms with van der Waals surface area (Å²) in [5.74, 6) is -1.90. The number of amides is 1. The highest BCUT2D eigenvalue weighted by atomic mass is 19.1. The molecule has 5 heteroatoms. The summed E-state index contributed by atoms with van der Waals surface area (Å²) in [7, 11) is 0. The van der Waals surface area contributed by atoms with E-state index < -0.39 is 23.7 Å². The minimum absolute atomic E-state index is 0.239. The molecule has 1 heterocycles. The highest BCUT2D eigenvalue weighted by Crippen LogP contribution is 2.22. The molecule has 0 aliphatic carbocycles. The first-order valence-corrected chi connectivity index (χ1v) is 5.80. The van der Waals surface area contributed by atoms with E-state index in [1.54, 1.807) is 6.92 Å². The van der Waals surface area contributed by atoms with Gasteiger partial charge in [-0.3, -0.25) is 4.79 Å². The monoisotopic (exact) mass is 251 g/mol. The molecule has 0 unspecified atom stereocenters. The third kappa shape index (κ3) is 2.20. The van der Waals surface area contributed by atoms with Gasteiger partial charge in [0.25, 0.3) is 5.91 Å². The number of hydrogen-bond acceptors (Lipinski definition) is 2. The van der Waals surface area contributed by atoms with Gasteiger partial charge < -0.3 is 10.0 Å². The fraction of sp³-hybridized carbons (Fsp3) is 0.385. The quantitative estimate of drug-likeness (QED) is 0.872. The summed E-state index contributed by atoms with van der Waals surface area (Å²) in [5, 5.41) is 9.04. The van der Waals surface area contributed by atoms with Crippen molar-refractivity contribution in [3.05, 3.63) is 35.1 Å². The first kappa shape index (κ1) is 12.5. The average Bonchev–Trinajstić information content (AvgIpc) is 2.80. The standard InChI is InChI=1S/C13H14FNO3/c1-8-4-5-9(14)7-10(8)12(16)15-6-2-3-11(15)13(17)18/h4-5,7,11H,2-3,6H2,1H3,(H,17,18)/t11-/m0/s1. The Morgan fingerprint density at radius 2 is 2.17 bits per heavy atom. The van der Waals surface area contributed by atoms with E-state index in [4.69, 9.17) is 5.11 Å². The Morgan fingerprint density at radius 1 is 1.44 bits per heavy atom. The molecule has 96 valence electrons. The van der Waals surface area contributed by atoms with Crippen LogP contribution < -0.4 is 0 Å². The molecule has 0 aromatic heterocycles. The number of aliphatic carboxylic acids is 1. The largest absolute Gasteiger partial charge is 0.480 e. The van der Waals surface area contributed by atoms with Crippen LogP contribution in [0.3, 0.4) is 0 Å². The summed E-state index contributed by atoms with van der Waals surface area (Å²) in [6, 6.07) is 3.17. The van der Waals surface area contributed by atoms with Crippen molar-refractivity contribution in [2.75, 3.05) is 6.54 Å². The number of aryl methyl sites for hydroxylation is 1. The zero-order valence-electron chi connectivity index (χ0n) is 10.0. The van der Waals surface area contributed by atoms with Crippen molar-refractivity contribution in [2.24, 2.45) is 0 Å². The highest BCUT2D eigenvalue weighted by molar-refractivity contribution is 5.98. The van der Waals surface area contributed by atoms with Gasteiger partial charge in [-0.25, -0.2) is 9.18 Å². The Balaban J connectivity index is 2.31.